The molecule has 0 radical (unpaired) electrons. The summed E-state index contributed by atoms with van der Waals surface area (Å²) in [7, 11) is -1.11. The number of alkyl halides is 1. The van der Waals surface area contributed by atoms with Crippen LogP contribution in [0.5, 0.6) is 0 Å². The normalized spacial score (nSPS) is 15.3. The van der Waals surface area contributed by atoms with E-state index in [1.165, 1.54) is 0 Å². The second kappa shape index (κ2) is 5.70. The van der Waals surface area contributed by atoms with Crippen molar-refractivity contribution in [1.29, 1.82) is 0 Å². The Labute approximate surface area is 82.0 Å². The maximum Gasteiger partial charge on any atom is 0.144 e. The Morgan fingerprint density at radius 2 is 2.08 bits per heavy atom. The van der Waals surface area contributed by atoms with Crippen molar-refractivity contribution in [2.75, 3.05) is 5.88 Å². The molecular formula is C8H16ClNOS. The van der Waals surface area contributed by atoms with Crippen LogP contribution >= 0.6 is 11.6 Å². The number of unbranched alkanes of at least 4 members (excludes halogenated alkanes) is 1. The van der Waals surface area contributed by atoms with Gasteiger partial charge in [0, 0.05) is 12.1 Å². The largest absolute Gasteiger partial charge is 0.234 e. The maximum absolute atomic E-state index is 11.3. The first-order chi connectivity index (χ1) is 5.48. The monoisotopic (exact) mass is 209 g/mol. The van der Waals surface area contributed by atoms with Crippen LogP contribution < -0.4 is 0 Å². The van der Waals surface area contributed by atoms with E-state index in [0.29, 0.717) is 5.88 Å². The highest BCUT2D eigenvalue weighted by atomic mass is 35.5. The van der Waals surface area contributed by atoms with E-state index in [2.05, 4.69) is 4.40 Å². The van der Waals surface area contributed by atoms with Crippen molar-refractivity contribution in [1.82, 2.24) is 0 Å². The molecule has 0 N–H and O–H groups in total. The molecule has 0 amide bonds. The summed E-state index contributed by atoms with van der Waals surface area (Å²) in [4.78, 5) is 0. The zero-order valence-electron chi connectivity index (χ0n) is 7.84. The molecule has 0 bridgehead atoms. The average molecular weight is 210 g/mol. The smallest absolute Gasteiger partial charge is 0.144 e. The van der Waals surface area contributed by atoms with Gasteiger partial charge in [-0.3, -0.25) is 0 Å². The van der Waals surface area contributed by atoms with E-state index in [1.54, 1.807) is 6.21 Å². The molecule has 0 aromatic heterocycles. The molecule has 0 saturated heterocycles. The van der Waals surface area contributed by atoms with Gasteiger partial charge in [-0.2, -0.15) is 4.40 Å². The summed E-state index contributed by atoms with van der Waals surface area (Å²) in [6.45, 7) is 5.71. The fourth-order valence-electron chi connectivity index (χ4n) is 0.447. The van der Waals surface area contributed by atoms with Crippen LogP contribution in [0.3, 0.4) is 0 Å². The van der Waals surface area contributed by atoms with Crippen molar-refractivity contribution in [3.63, 3.8) is 0 Å². The van der Waals surface area contributed by atoms with Crippen LogP contribution in [0, 0.1) is 0 Å². The summed E-state index contributed by atoms with van der Waals surface area (Å²) in [6, 6.07) is 0. The molecule has 0 aliphatic carbocycles. The highest BCUT2D eigenvalue weighted by molar-refractivity contribution is 7.85. The lowest BCUT2D eigenvalue weighted by Crippen LogP contribution is -2.19. The second-order valence-corrected chi connectivity index (χ2v) is 5.79. The number of halogens is 1. The Bertz CT molecular complexity index is 174. The summed E-state index contributed by atoms with van der Waals surface area (Å²) in [5, 5.41) is 0. The predicted octanol–water partition coefficient (Wildman–Crippen LogP) is 2.54. The first kappa shape index (κ1) is 12.1. The van der Waals surface area contributed by atoms with Crippen LogP contribution in [-0.4, -0.2) is 21.1 Å². The van der Waals surface area contributed by atoms with Gasteiger partial charge in [-0.05, 0) is 33.6 Å². The van der Waals surface area contributed by atoms with Crippen molar-refractivity contribution < 1.29 is 4.21 Å². The molecule has 0 aliphatic heterocycles. The van der Waals surface area contributed by atoms with Crippen LogP contribution in [-0.2, 0) is 11.0 Å². The summed E-state index contributed by atoms with van der Waals surface area (Å²) in [5.74, 6) is 0.633. The van der Waals surface area contributed by atoms with Gasteiger partial charge in [0.2, 0.25) is 0 Å². The molecule has 1 unspecified atom stereocenters. The zero-order valence-corrected chi connectivity index (χ0v) is 9.41. The zero-order chi connectivity index (χ0) is 9.61. The number of hydrogen-bond acceptors (Lipinski definition) is 1. The lowest BCUT2D eigenvalue weighted by Gasteiger charge is -2.12. The Morgan fingerprint density at radius 1 is 1.50 bits per heavy atom. The van der Waals surface area contributed by atoms with Gasteiger partial charge >= 0.3 is 0 Å². The van der Waals surface area contributed by atoms with Gasteiger partial charge in [-0.1, -0.05) is 0 Å². The molecule has 12 heavy (non-hydrogen) atoms. The lowest BCUT2D eigenvalue weighted by molar-refractivity contribution is 0.650. The molecule has 0 spiro atoms. The van der Waals surface area contributed by atoms with Crippen LogP contribution in [0.2, 0.25) is 0 Å². The van der Waals surface area contributed by atoms with Crippen molar-refractivity contribution in [2.24, 2.45) is 4.40 Å². The molecule has 0 rings (SSSR count). The van der Waals surface area contributed by atoms with Gasteiger partial charge in [0.25, 0.3) is 0 Å². The molecule has 1 atom stereocenters. The van der Waals surface area contributed by atoms with Gasteiger partial charge < -0.3 is 0 Å². The third-order valence-corrected chi connectivity index (χ3v) is 2.82. The fourth-order valence-corrected chi connectivity index (χ4v) is 1.16. The fraction of sp³-hybridized carbons (Fsp3) is 0.875. The summed E-state index contributed by atoms with van der Waals surface area (Å²) in [5.41, 5.74) is 0. The highest BCUT2D eigenvalue weighted by Gasteiger charge is 2.17. The van der Waals surface area contributed by atoms with Gasteiger partial charge in [0.15, 0.2) is 0 Å². The van der Waals surface area contributed by atoms with Gasteiger partial charge in [-0.25, -0.2) is 4.21 Å². The van der Waals surface area contributed by atoms with E-state index in [1.807, 2.05) is 20.8 Å². The Balaban J connectivity index is 3.77. The molecular weight excluding hydrogens is 194 g/mol. The molecule has 0 aliphatic rings. The Kier molecular flexibility index (Phi) is 5.76. The lowest BCUT2D eigenvalue weighted by atomic mass is 10.3. The van der Waals surface area contributed by atoms with Crippen molar-refractivity contribution >= 4 is 28.8 Å². The van der Waals surface area contributed by atoms with E-state index in [-0.39, 0.29) is 4.75 Å². The Morgan fingerprint density at radius 3 is 2.50 bits per heavy atom. The standard InChI is InChI=1S/C8H16ClNOS/c1-8(2,3)12(11)10-7-5-4-6-9/h7H,4-6H2,1-3H3/b10-7+. The topological polar surface area (TPSA) is 29.4 Å². The number of hydrogen-bond donors (Lipinski definition) is 0. The van der Waals surface area contributed by atoms with E-state index in [4.69, 9.17) is 11.6 Å². The van der Waals surface area contributed by atoms with Gasteiger partial charge in [0.1, 0.15) is 11.0 Å². The first-order valence-corrected chi connectivity index (χ1v) is 5.63. The van der Waals surface area contributed by atoms with E-state index in [9.17, 15) is 4.21 Å². The minimum absolute atomic E-state index is 0.253. The second-order valence-electron chi connectivity index (χ2n) is 3.48. The maximum atomic E-state index is 11.3. The molecule has 2 nitrogen and oxygen atoms in total. The number of nitrogens with zero attached hydrogens (tertiary/aromatic N) is 1. The van der Waals surface area contributed by atoms with Crippen molar-refractivity contribution in [3.05, 3.63) is 0 Å². The third kappa shape index (κ3) is 5.72. The van der Waals surface area contributed by atoms with Crippen LogP contribution in [0.4, 0.5) is 0 Å². The quantitative estimate of drug-likeness (QED) is 0.398. The first-order valence-electron chi connectivity index (χ1n) is 3.99. The van der Waals surface area contributed by atoms with Crippen LogP contribution in [0.15, 0.2) is 4.40 Å². The van der Waals surface area contributed by atoms with Gasteiger partial charge in [0.05, 0.1) is 4.75 Å². The van der Waals surface area contributed by atoms with Crippen LogP contribution in [0.25, 0.3) is 0 Å². The van der Waals surface area contributed by atoms with E-state index < -0.39 is 11.0 Å². The highest BCUT2D eigenvalue weighted by Crippen LogP contribution is 2.11. The van der Waals surface area contributed by atoms with Crippen LogP contribution in [0.1, 0.15) is 33.6 Å². The van der Waals surface area contributed by atoms with E-state index >= 15 is 0 Å². The molecule has 0 heterocycles. The molecule has 0 aromatic carbocycles. The SMILES string of the molecule is CC(C)(C)S(=O)/N=C/CCCCl. The summed E-state index contributed by atoms with van der Waals surface area (Å²) < 4.78 is 15.0. The van der Waals surface area contributed by atoms with Gasteiger partial charge in [-0.15, -0.1) is 11.6 Å². The summed E-state index contributed by atoms with van der Waals surface area (Å²) in [6.07, 6.45) is 3.40. The molecule has 72 valence electrons. The minimum atomic E-state index is -1.11. The Hall–Kier alpha value is 0.110. The minimum Gasteiger partial charge on any atom is -0.234 e. The molecule has 0 saturated carbocycles. The predicted molar refractivity (Wildman–Crippen MR) is 56.3 cm³/mol. The van der Waals surface area contributed by atoms with Crippen molar-refractivity contribution in [3.8, 4) is 0 Å². The average Bonchev–Trinajstić information content (AvgIpc) is 1.96. The molecule has 4 heteroatoms. The van der Waals surface area contributed by atoms with Crippen molar-refractivity contribution in [2.45, 2.75) is 38.4 Å². The molecule has 0 fully saturated rings. The summed E-state index contributed by atoms with van der Waals surface area (Å²) >= 11 is 5.47. The van der Waals surface area contributed by atoms with E-state index in [0.717, 1.165) is 12.8 Å². The third-order valence-electron chi connectivity index (χ3n) is 1.16. The number of rotatable bonds is 4. The molecule has 0 aromatic rings.